The molecule has 0 fully saturated rings. The molecule has 1 N–H and O–H groups in total. The van der Waals surface area contributed by atoms with Gasteiger partial charge in [-0.1, -0.05) is 32.0 Å². The number of hydrogen-bond acceptors (Lipinski definition) is 2. The number of para-hydroxylation sites is 1. The third kappa shape index (κ3) is 4.72. The molecule has 2 aromatic carbocycles. The normalized spacial score (nSPS) is 10.5. The summed E-state index contributed by atoms with van der Waals surface area (Å²) in [5.41, 5.74) is 4.06. The zero-order valence-corrected chi connectivity index (χ0v) is 16.1. The molecule has 0 atom stereocenters. The first-order chi connectivity index (χ1) is 12.5. The Morgan fingerprint density at radius 1 is 0.846 bits per heavy atom. The second-order valence-corrected chi connectivity index (χ2v) is 6.59. The second-order valence-electron chi connectivity index (χ2n) is 6.59. The molecule has 138 valence electrons. The Balaban J connectivity index is 2.13. The molecular formula is C22H28N2O2. The number of anilines is 1. The van der Waals surface area contributed by atoms with E-state index in [4.69, 9.17) is 0 Å². The Morgan fingerprint density at radius 3 is 1.85 bits per heavy atom. The van der Waals surface area contributed by atoms with Crippen molar-refractivity contribution in [1.82, 2.24) is 4.90 Å². The van der Waals surface area contributed by atoms with Gasteiger partial charge in [0.05, 0.1) is 0 Å². The SMILES string of the molecule is CCCN(CCC)C(=O)c1ccc(C(=O)Nc2c(C)cccc2C)cc1. The molecule has 0 radical (unpaired) electrons. The fourth-order valence-electron chi connectivity index (χ4n) is 3.00. The Morgan fingerprint density at radius 2 is 1.35 bits per heavy atom. The minimum absolute atomic E-state index is 0.0235. The molecule has 0 aliphatic heterocycles. The first-order valence-electron chi connectivity index (χ1n) is 9.24. The third-order valence-electron chi connectivity index (χ3n) is 4.39. The number of nitrogens with one attached hydrogen (secondary N) is 1. The Bertz CT molecular complexity index is 740. The number of hydrogen-bond donors (Lipinski definition) is 1. The zero-order chi connectivity index (χ0) is 19.1. The molecule has 0 saturated heterocycles. The van der Waals surface area contributed by atoms with E-state index in [0.29, 0.717) is 11.1 Å². The summed E-state index contributed by atoms with van der Waals surface area (Å²) in [6.07, 6.45) is 1.87. The highest BCUT2D eigenvalue weighted by Gasteiger charge is 2.15. The van der Waals surface area contributed by atoms with Gasteiger partial charge in [-0.15, -0.1) is 0 Å². The molecule has 0 unspecified atom stereocenters. The van der Waals surface area contributed by atoms with Gasteiger partial charge in [-0.2, -0.15) is 0 Å². The largest absolute Gasteiger partial charge is 0.339 e. The molecule has 2 amide bonds. The van der Waals surface area contributed by atoms with E-state index in [-0.39, 0.29) is 11.8 Å². The molecule has 0 heterocycles. The van der Waals surface area contributed by atoms with Crippen LogP contribution in [0.5, 0.6) is 0 Å². The van der Waals surface area contributed by atoms with E-state index in [2.05, 4.69) is 19.2 Å². The molecule has 0 aliphatic rings. The Labute approximate surface area is 156 Å². The molecule has 4 heteroatoms. The van der Waals surface area contributed by atoms with Crippen molar-refractivity contribution in [2.45, 2.75) is 40.5 Å². The van der Waals surface area contributed by atoms with Crippen LogP contribution < -0.4 is 5.32 Å². The quantitative estimate of drug-likeness (QED) is 0.777. The van der Waals surface area contributed by atoms with Crippen molar-refractivity contribution in [3.05, 3.63) is 64.7 Å². The van der Waals surface area contributed by atoms with E-state index in [1.807, 2.05) is 36.9 Å². The molecule has 0 spiro atoms. The minimum Gasteiger partial charge on any atom is -0.339 e. The van der Waals surface area contributed by atoms with Gasteiger partial charge in [0.1, 0.15) is 0 Å². The summed E-state index contributed by atoms with van der Waals surface area (Å²) in [5.74, 6) is -0.143. The number of benzene rings is 2. The summed E-state index contributed by atoms with van der Waals surface area (Å²) in [6, 6.07) is 12.8. The summed E-state index contributed by atoms with van der Waals surface area (Å²) in [5, 5.41) is 2.97. The predicted octanol–water partition coefficient (Wildman–Crippen LogP) is 4.82. The van der Waals surface area contributed by atoms with Gasteiger partial charge in [0.15, 0.2) is 0 Å². The Kier molecular flexibility index (Phi) is 6.96. The van der Waals surface area contributed by atoms with Gasteiger partial charge in [-0.05, 0) is 62.1 Å². The van der Waals surface area contributed by atoms with Gasteiger partial charge in [0, 0.05) is 29.9 Å². The molecule has 2 rings (SSSR count). The monoisotopic (exact) mass is 352 g/mol. The van der Waals surface area contributed by atoms with Crippen molar-refractivity contribution in [2.75, 3.05) is 18.4 Å². The van der Waals surface area contributed by atoms with Crippen LogP contribution in [-0.2, 0) is 0 Å². The van der Waals surface area contributed by atoms with Crippen LogP contribution in [0.4, 0.5) is 5.69 Å². The number of carbonyl (C=O) groups excluding carboxylic acids is 2. The molecule has 26 heavy (non-hydrogen) atoms. The summed E-state index contributed by atoms with van der Waals surface area (Å²) in [6.45, 7) is 9.58. The highest BCUT2D eigenvalue weighted by atomic mass is 16.2. The minimum atomic E-state index is -0.166. The fourth-order valence-corrected chi connectivity index (χ4v) is 3.00. The van der Waals surface area contributed by atoms with Crippen molar-refractivity contribution in [2.24, 2.45) is 0 Å². The smallest absolute Gasteiger partial charge is 0.255 e. The van der Waals surface area contributed by atoms with Crippen LogP contribution in [0.2, 0.25) is 0 Å². The highest BCUT2D eigenvalue weighted by molar-refractivity contribution is 6.05. The second kappa shape index (κ2) is 9.18. The molecule has 0 aliphatic carbocycles. The van der Waals surface area contributed by atoms with Crippen LogP contribution in [0.1, 0.15) is 58.5 Å². The molecular weight excluding hydrogens is 324 g/mol. The standard InChI is InChI=1S/C22H28N2O2/c1-5-14-24(15-6-2)22(26)19-12-10-18(11-13-19)21(25)23-20-16(3)8-7-9-17(20)4/h7-13H,5-6,14-15H2,1-4H3,(H,23,25). The van der Waals surface area contributed by atoms with Crippen molar-refractivity contribution < 1.29 is 9.59 Å². The fraction of sp³-hybridized carbons (Fsp3) is 0.364. The van der Waals surface area contributed by atoms with E-state index in [9.17, 15) is 9.59 Å². The van der Waals surface area contributed by atoms with E-state index >= 15 is 0 Å². The first kappa shape index (κ1) is 19.7. The molecule has 2 aromatic rings. The van der Waals surface area contributed by atoms with E-state index in [1.54, 1.807) is 24.3 Å². The van der Waals surface area contributed by atoms with Crippen LogP contribution in [-0.4, -0.2) is 29.8 Å². The lowest BCUT2D eigenvalue weighted by Gasteiger charge is -2.21. The van der Waals surface area contributed by atoms with Crippen LogP contribution in [0.25, 0.3) is 0 Å². The third-order valence-corrected chi connectivity index (χ3v) is 4.39. The van der Waals surface area contributed by atoms with E-state index in [0.717, 1.165) is 42.7 Å². The lowest BCUT2D eigenvalue weighted by molar-refractivity contribution is 0.0755. The molecule has 4 nitrogen and oxygen atoms in total. The van der Waals surface area contributed by atoms with Gasteiger partial charge in [-0.25, -0.2) is 0 Å². The van der Waals surface area contributed by atoms with Gasteiger partial charge in [0.2, 0.25) is 0 Å². The van der Waals surface area contributed by atoms with Crippen molar-refractivity contribution in [3.63, 3.8) is 0 Å². The number of rotatable bonds is 7. The van der Waals surface area contributed by atoms with Crippen molar-refractivity contribution >= 4 is 17.5 Å². The average Bonchev–Trinajstić information content (AvgIpc) is 2.64. The Hall–Kier alpha value is -2.62. The number of nitrogens with zero attached hydrogens (tertiary/aromatic N) is 1. The number of amides is 2. The summed E-state index contributed by atoms with van der Waals surface area (Å²) in [4.78, 5) is 27.0. The van der Waals surface area contributed by atoms with E-state index < -0.39 is 0 Å². The molecule has 0 saturated carbocycles. The number of carbonyl (C=O) groups is 2. The van der Waals surface area contributed by atoms with Crippen LogP contribution in [0.3, 0.4) is 0 Å². The molecule has 0 bridgehead atoms. The maximum absolute atomic E-state index is 12.6. The van der Waals surface area contributed by atoms with Gasteiger partial charge in [0.25, 0.3) is 11.8 Å². The van der Waals surface area contributed by atoms with E-state index in [1.165, 1.54) is 0 Å². The summed E-state index contributed by atoms with van der Waals surface area (Å²) in [7, 11) is 0. The first-order valence-corrected chi connectivity index (χ1v) is 9.24. The lowest BCUT2D eigenvalue weighted by Crippen LogP contribution is -2.32. The average molecular weight is 352 g/mol. The van der Waals surface area contributed by atoms with Crippen molar-refractivity contribution in [3.8, 4) is 0 Å². The van der Waals surface area contributed by atoms with Gasteiger partial charge >= 0.3 is 0 Å². The van der Waals surface area contributed by atoms with Gasteiger partial charge in [-0.3, -0.25) is 9.59 Å². The highest BCUT2D eigenvalue weighted by Crippen LogP contribution is 2.20. The predicted molar refractivity (Wildman–Crippen MR) is 107 cm³/mol. The van der Waals surface area contributed by atoms with Crippen molar-refractivity contribution in [1.29, 1.82) is 0 Å². The number of aryl methyl sites for hydroxylation is 2. The summed E-state index contributed by atoms with van der Waals surface area (Å²) < 4.78 is 0. The molecule has 0 aromatic heterocycles. The maximum atomic E-state index is 12.6. The van der Waals surface area contributed by atoms with Crippen LogP contribution in [0.15, 0.2) is 42.5 Å². The lowest BCUT2D eigenvalue weighted by atomic mass is 10.1. The van der Waals surface area contributed by atoms with Crippen LogP contribution in [0, 0.1) is 13.8 Å². The topological polar surface area (TPSA) is 49.4 Å². The summed E-state index contributed by atoms with van der Waals surface area (Å²) >= 11 is 0. The van der Waals surface area contributed by atoms with Crippen LogP contribution >= 0.6 is 0 Å². The van der Waals surface area contributed by atoms with Gasteiger partial charge < -0.3 is 10.2 Å². The maximum Gasteiger partial charge on any atom is 0.255 e. The zero-order valence-electron chi connectivity index (χ0n) is 16.1.